The number of halogens is 1. The summed E-state index contributed by atoms with van der Waals surface area (Å²) in [7, 11) is 0. The van der Waals surface area contributed by atoms with Crippen LogP contribution >= 0.6 is 11.6 Å². The molecule has 0 radical (unpaired) electrons. The molecule has 0 aliphatic heterocycles. The molecule has 1 aliphatic rings. The number of benzene rings is 2. The molecule has 0 fully saturated rings. The van der Waals surface area contributed by atoms with E-state index in [1.54, 1.807) is 12.1 Å². The third kappa shape index (κ3) is 3.95. The molecule has 24 heavy (non-hydrogen) atoms. The maximum atomic E-state index is 12.1. The fourth-order valence-corrected chi connectivity index (χ4v) is 3.00. The molecule has 4 nitrogen and oxygen atoms in total. The number of nitrogens with one attached hydrogen (secondary N) is 1. The minimum atomic E-state index is -0.474. The number of esters is 1. The van der Waals surface area contributed by atoms with Crippen molar-refractivity contribution in [1.29, 1.82) is 0 Å². The number of carbonyl (C=O) groups is 2. The van der Waals surface area contributed by atoms with Crippen LogP contribution in [0.25, 0.3) is 0 Å². The molecule has 0 unspecified atom stereocenters. The summed E-state index contributed by atoms with van der Waals surface area (Å²) in [6.45, 7) is -0.00469. The van der Waals surface area contributed by atoms with E-state index >= 15 is 0 Å². The first-order valence-electron chi connectivity index (χ1n) is 7.92. The van der Waals surface area contributed by atoms with Crippen LogP contribution in [0.2, 0.25) is 5.02 Å². The highest BCUT2D eigenvalue weighted by Gasteiger charge is 2.15. The predicted octanol–water partition coefficient (Wildman–Crippen LogP) is 3.30. The lowest BCUT2D eigenvalue weighted by Crippen LogP contribution is -2.28. The van der Waals surface area contributed by atoms with E-state index in [4.69, 9.17) is 16.3 Å². The van der Waals surface area contributed by atoms with Crippen LogP contribution in [0, 0.1) is 0 Å². The van der Waals surface area contributed by atoms with Crippen LogP contribution in [0.1, 0.15) is 33.5 Å². The standard InChI is InChI=1S/C19H18ClNO3/c20-17-7-2-1-4-16(17)11-21-18(22)12-24-19(23)15-9-8-13-5-3-6-14(13)10-15/h1-2,4,7-10H,3,5-6,11-12H2,(H,21,22). The van der Waals surface area contributed by atoms with E-state index in [0.29, 0.717) is 17.1 Å². The minimum Gasteiger partial charge on any atom is -0.452 e. The van der Waals surface area contributed by atoms with Crippen molar-refractivity contribution >= 4 is 23.5 Å². The number of aryl methyl sites for hydroxylation is 2. The van der Waals surface area contributed by atoms with Gasteiger partial charge in [0.05, 0.1) is 5.56 Å². The lowest BCUT2D eigenvalue weighted by atomic mass is 10.1. The molecule has 1 amide bonds. The van der Waals surface area contributed by atoms with Gasteiger partial charge in [-0.2, -0.15) is 0 Å². The van der Waals surface area contributed by atoms with Crippen molar-refractivity contribution in [2.24, 2.45) is 0 Å². The van der Waals surface area contributed by atoms with Gasteiger partial charge in [0, 0.05) is 11.6 Å². The van der Waals surface area contributed by atoms with Crippen molar-refractivity contribution in [3.8, 4) is 0 Å². The van der Waals surface area contributed by atoms with E-state index in [1.165, 1.54) is 11.1 Å². The first kappa shape index (κ1) is 16.5. The van der Waals surface area contributed by atoms with Crippen molar-refractivity contribution < 1.29 is 14.3 Å². The molecule has 1 N–H and O–H groups in total. The van der Waals surface area contributed by atoms with Gasteiger partial charge in [-0.3, -0.25) is 4.79 Å². The van der Waals surface area contributed by atoms with Crippen molar-refractivity contribution in [2.75, 3.05) is 6.61 Å². The molecule has 0 atom stereocenters. The zero-order valence-corrected chi connectivity index (χ0v) is 13.9. The highest BCUT2D eigenvalue weighted by molar-refractivity contribution is 6.31. The maximum absolute atomic E-state index is 12.1. The van der Waals surface area contributed by atoms with Gasteiger partial charge in [-0.1, -0.05) is 35.9 Å². The molecule has 0 aromatic heterocycles. The smallest absolute Gasteiger partial charge is 0.338 e. The highest BCUT2D eigenvalue weighted by atomic mass is 35.5. The second-order valence-electron chi connectivity index (χ2n) is 5.78. The Bertz CT molecular complexity index is 773. The Morgan fingerprint density at radius 3 is 2.71 bits per heavy atom. The molecule has 2 aromatic carbocycles. The van der Waals surface area contributed by atoms with Gasteiger partial charge in [-0.15, -0.1) is 0 Å². The molecule has 0 saturated carbocycles. The molecule has 124 valence electrons. The van der Waals surface area contributed by atoms with Crippen molar-refractivity contribution in [1.82, 2.24) is 5.32 Å². The van der Waals surface area contributed by atoms with E-state index in [1.807, 2.05) is 30.3 Å². The molecular weight excluding hydrogens is 326 g/mol. The van der Waals surface area contributed by atoms with Crippen molar-refractivity contribution in [3.63, 3.8) is 0 Å². The largest absolute Gasteiger partial charge is 0.452 e. The Balaban J connectivity index is 1.49. The summed E-state index contributed by atoms with van der Waals surface area (Å²) in [5, 5.41) is 3.28. The number of rotatable bonds is 5. The van der Waals surface area contributed by atoms with Crippen LogP contribution in [0.3, 0.4) is 0 Å². The fraction of sp³-hybridized carbons (Fsp3) is 0.263. The quantitative estimate of drug-likeness (QED) is 0.847. The average Bonchev–Trinajstić information content (AvgIpc) is 3.06. The summed E-state index contributed by atoms with van der Waals surface area (Å²) < 4.78 is 5.08. The molecule has 5 heteroatoms. The average molecular weight is 344 g/mol. The third-order valence-electron chi connectivity index (χ3n) is 4.10. The van der Waals surface area contributed by atoms with Gasteiger partial charge in [-0.25, -0.2) is 4.79 Å². The monoisotopic (exact) mass is 343 g/mol. The van der Waals surface area contributed by atoms with Crippen LogP contribution in [0.15, 0.2) is 42.5 Å². The third-order valence-corrected chi connectivity index (χ3v) is 4.47. The Kier molecular flexibility index (Phi) is 5.16. The van der Waals surface area contributed by atoms with Crippen LogP contribution in [-0.2, 0) is 28.9 Å². The predicted molar refractivity (Wildman–Crippen MR) is 92.0 cm³/mol. The van der Waals surface area contributed by atoms with Crippen molar-refractivity contribution in [2.45, 2.75) is 25.8 Å². The summed E-state index contributed by atoms with van der Waals surface area (Å²) in [5.74, 6) is -0.831. The van der Waals surface area contributed by atoms with Crippen LogP contribution in [0.4, 0.5) is 0 Å². The number of carbonyl (C=O) groups excluding carboxylic acids is 2. The Hall–Kier alpha value is -2.33. The number of amides is 1. The van der Waals surface area contributed by atoms with Crippen LogP contribution in [-0.4, -0.2) is 18.5 Å². The molecule has 0 saturated heterocycles. The summed E-state index contributed by atoms with van der Waals surface area (Å²) in [4.78, 5) is 23.9. The number of ether oxygens (including phenoxy) is 1. The molecule has 0 bridgehead atoms. The number of hydrogen-bond acceptors (Lipinski definition) is 3. The van der Waals surface area contributed by atoms with E-state index in [-0.39, 0.29) is 12.5 Å². The van der Waals surface area contributed by atoms with E-state index < -0.39 is 5.97 Å². The van der Waals surface area contributed by atoms with Gasteiger partial charge in [-0.05, 0) is 54.2 Å². The summed E-state index contributed by atoms with van der Waals surface area (Å²) >= 11 is 6.02. The molecule has 3 rings (SSSR count). The van der Waals surface area contributed by atoms with Gasteiger partial charge in [0.25, 0.3) is 5.91 Å². The van der Waals surface area contributed by atoms with Gasteiger partial charge in [0.2, 0.25) is 0 Å². The second-order valence-corrected chi connectivity index (χ2v) is 6.19. The van der Waals surface area contributed by atoms with Gasteiger partial charge < -0.3 is 10.1 Å². The number of hydrogen-bond donors (Lipinski definition) is 1. The summed E-state index contributed by atoms with van der Waals surface area (Å²) in [6.07, 6.45) is 3.18. The lowest BCUT2D eigenvalue weighted by molar-refractivity contribution is -0.124. The summed E-state index contributed by atoms with van der Waals surface area (Å²) in [6, 6.07) is 12.9. The van der Waals surface area contributed by atoms with Crippen molar-refractivity contribution in [3.05, 3.63) is 69.7 Å². The first-order chi connectivity index (χ1) is 11.6. The molecule has 0 heterocycles. The normalized spacial score (nSPS) is 12.5. The summed E-state index contributed by atoms with van der Waals surface area (Å²) in [5.41, 5.74) is 3.81. The maximum Gasteiger partial charge on any atom is 0.338 e. The van der Waals surface area contributed by atoms with Crippen LogP contribution < -0.4 is 5.32 Å². The van der Waals surface area contributed by atoms with Gasteiger partial charge in [0.1, 0.15) is 0 Å². The lowest BCUT2D eigenvalue weighted by Gasteiger charge is -2.08. The molecule has 1 aliphatic carbocycles. The zero-order chi connectivity index (χ0) is 16.9. The topological polar surface area (TPSA) is 55.4 Å². The zero-order valence-electron chi connectivity index (χ0n) is 13.2. The molecule has 2 aromatic rings. The van der Waals surface area contributed by atoms with Gasteiger partial charge >= 0.3 is 5.97 Å². The fourth-order valence-electron chi connectivity index (χ4n) is 2.80. The highest BCUT2D eigenvalue weighted by Crippen LogP contribution is 2.23. The SMILES string of the molecule is O=C(COC(=O)c1ccc2c(c1)CCC2)NCc1ccccc1Cl. The van der Waals surface area contributed by atoms with Gasteiger partial charge in [0.15, 0.2) is 6.61 Å². The Morgan fingerprint density at radius 2 is 1.88 bits per heavy atom. The van der Waals surface area contributed by atoms with E-state index in [9.17, 15) is 9.59 Å². The van der Waals surface area contributed by atoms with E-state index in [0.717, 1.165) is 24.8 Å². The minimum absolute atomic E-state index is 0.300. The van der Waals surface area contributed by atoms with Crippen LogP contribution in [0.5, 0.6) is 0 Å². The second kappa shape index (κ2) is 7.49. The molecule has 0 spiro atoms. The Labute approximate surface area is 145 Å². The first-order valence-corrected chi connectivity index (χ1v) is 8.30. The number of fused-ring (bicyclic) bond motifs is 1. The van der Waals surface area contributed by atoms with E-state index in [2.05, 4.69) is 5.32 Å². The Morgan fingerprint density at radius 1 is 1.08 bits per heavy atom. The molecular formula is C19H18ClNO3.